The Hall–Kier alpha value is -2.04. The molecule has 2 aromatic carbocycles. The molecule has 7 nitrogen and oxygen atoms in total. The summed E-state index contributed by atoms with van der Waals surface area (Å²) in [5.41, 5.74) is 11.4. The Morgan fingerprint density at radius 2 is 1.85 bits per heavy atom. The smallest absolute Gasteiger partial charge is 0.193 e. The van der Waals surface area contributed by atoms with Crippen LogP contribution in [0.25, 0.3) is 0 Å². The molecule has 1 atom stereocenters. The highest BCUT2D eigenvalue weighted by atomic mass is 127. The van der Waals surface area contributed by atoms with Gasteiger partial charge in [0, 0.05) is 18.8 Å². The molecule has 4 rings (SSSR count). The zero-order chi connectivity index (χ0) is 22.3. The van der Waals surface area contributed by atoms with Gasteiger partial charge in [0.2, 0.25) is 0 Å². The van der Waals surface area contributed by atoms with E-state index in [4.69, 9.17) is 24.9 Å². The predicted molar refractivity (Wildman–Crippen MR) is 143 cm³/mol. The lowest BCUT2D eigenvalue weighted by Gasteiger charge is -2.34. The van der Waals surface area contributed by atoms with Gasteiger partial charge in [-0.2, -0.15) is 0 Å². The van der Waals surface area contributed by atoms with Crippen molar-refractivity contribution >= 4 is 35.6 Å². The van der Waals surface area contributed by atoms with Crippen LogP contribution in [0.5, 0.6) is 11.5 Å². The second-order valence-corrected chi connectivity index (χ2v) is 8.28. The number of halogens is 1. The molecule has 1 fully saturated rings. The van der Waals surface area contributed by atoms with Gasteiger partial charge in [0.1, 0.15) is 0 Å². The minimum Gasteiger partial charge on any atom is -0.493 e. The number of benzene rings is 2. The van der Waals surface area contributed by atoms with E-state index < -0.39 is 0 Å². The first kappa shape index (κ1) is 25.6. The van der Waals surface area contributed by atoms with Crippen LogP contribution in [-0.2, 0) is 17.6 Å². The van der Waals surface area contributed by atoms with E-state index in [0.29, 0.717) is 18.3 Å². The quantitative estimate of drug-likeness (QED) is 0.300. The zero-order valence-corrected chi connectivity index (χ0v) is 21.8. The number of nitrogens with two attached hydrogens (primary N) is 1. The number of rotatable bonds is 7. The molecule has 3 N–H and O–H groups in total. The van der Waals surface area contributed by atoms with Crippen LogP contribution < -0.4 is 20.5 Å². The first-order valence-corrected chi connectivity index (χ1v) is 11.4. The fourth-order valence-electron chi connectivity index (χ4n) is 4.64. The number of nitrogens with zero attached hydrogens (tertiary/aromatic N) is 2. The second-order valence-electron chi connectivity index (χ2n) is 8.28. The molecule has 0 radical (unpaired) electrons. The molecule has 33 heavy (non-hydrogen) atoms. The van der Waals surface area contributed by atoms with Crippen LogP contribution in [0.4, 0.5) is 5.69 Å². The van der Waals surface area contributed by atoms with Crippen molar-refractivity contribution in [3.63, 3.8) is 0 Å². The number of ether oxygens (including phenoxy) is 3. The van der Waals surface area contributed by atoms with E-state index in [1.165, 1.54) is 24.0 Å². The maximum atomic E-state index is 6.35. The minimum absolute atomic E-state index is 0. The summed E-state index contributed by atoms with van der Waals surface area (Å²) in [5.74, 6) is 1.88. The molecule has 8 heteroatoms. The maximum Gasteiger partial charge on any atom is 0.193 e. The summed E-state index contributed by atoms with van der Waals surface area (Å²) < 4.78 is 16.5. The van der Waals surface area contributed by atoms with Crippen molar-refractivity contribution in [2.75, 3.05) is 52.4 Å². The number of hydrogen-bond acceptors (Lipinski definition) is 5. The Morgan fingerprint density at radius 3 is 2.61 bits per heavy atom. The molecule has 2 aromatic rings. The molecule has 0 saturated carbocycles. The largest absolute Gasteiger partial charge is 0.493 e. The van der Waals surface area contributed by atoms with E-state index in [0.717, 1.165) is 56.1 Å². The van der Waals surface area contributed by atoms with Crippen molar-refractivity contribution in [3.8, 4) is 11.5 Å². The second kappa shape index (κ2) is 12.4. The molecule has 0 bridgehead atoms. The van der Waals surface area contributed by atoms with Gasteiger partial charge < -0.3 is 25.3 Å². The van der Waals surface area contributed by atoms with E-state index >= 15 is 0 Å². The third-order valence-corrected chi connectivity index (χ3v) is 6.37. The average molecular weight is 566 g/mol. The number of aryl methyl sites for hydroxylation is 1. The summed E-state index contributed by atoms with van der Waals surface area (Å²) >= 11 is 0. The lowest BCUT2D eigenvalue weighted by molar-refractivity contribution is 0.0179. The number of anilines is 1. The molecule has 2 aliphatic rings. The van der Waals surface area contributed by atoms with E-state index in [9.17, 15) is 0 Å². The Kier molecular flexibility index (Phi) is 9.64. The number of morpholine rings is 1. The van der Waals surface area contributed by atoms with Crippen molar-refractivity contribution in [1.82, 2.24) is 4.90 Å². The average Bonchev–Trinajstić information content (AvgIpc) is 2.85. The Morgan fingerprint density at radius 1 is 1.09 bits per heavy atom. The fraction of sp³-hybridized carbons (Fsp3) is 0.480. The van der Waals surface area contributed by atoms with E-state index in [1.54, 1.807) is 14.2 Å². The predicted octanol–water partition coefficient (Wildman–Crippen LogP) is 4.00. The van der Waals surface area contributed by atoms with Gasteiger partial charge in [-0.3, -0.25) is 9.89 Å². The fourth-order valence-corrected chi connectivity index (χ4v) is 4.64. The summed E-state index contributed by atoms with van der Waals surface area (Å²) in [4.78, 5) is 7.14. The topological polar surface area (TPSA) is 81.3 Å². The molecule has 1 saturated heterocycles. The van der Waals surface area contributed by atoms with Crippen molar-refractivity contribution < 1.29 is 14.2 Å². The first-order chi connectivity index (χ1) is 15.7. The van der Waals surface area contributed by atoms with Gasteiger partial charge in [-0.25, -0.2) is 0 Å². The third kappa shape index (κ3) is 6.30. The van der Waals surface area contributed by atoms with E-state index in [2.05, 4.69) is 34.5 Å². The van der Waals surface area contributed by atoms with Gasteiger partial charge in [0.25, 0.3) is 0 Å². The van der Waals surface area contributed by atoms with Crippen molar-refractivity contribution in [2.45, 2.75) is 31.7 Å². The SMILES string of the molecule is COc1ccc(C(CN=C(N)Nc2cccc3c2CCCC3)N2CCOCC2)cc1OC.I. The van der Waals surface area contributed by atoms with E-state index in [-0.39, 0.29) is 30.0 Å². The number of guanidine groups is 1. The lowest BCUT2D eigenvalue weighted by atomic mass is 9.90. The standard InChI is InChI=1S/C25H34N4O3.HI/c1-30-23-11-10-19(16-24(23)31-2)22(29-12-14-32-15-13-29)17-27-25(26)28-21-9-5-7-18-6-3-4-8-20(18)21;/h5,7,9-11,16,22H,3-4,6,8,12-15,17H2,1-2H3,(H3,26,27,28);1H. The van der Waals surface area contributed by atoms with Crippen LogP contribution in [0.3, 0.4) is 0 Å². The number of hydrogen-bond donors (Lipinski definition) is 2. The normalized spacial score (nSPS) is 17.5. The molecule has 1 aliphatic heterocycles. The highest BCUT2D eigenvalue weighted by Crippen LogP contribution is 2.33. The summed E-state index contributed by atoms with van der Waals surface area (Å²) in [6, 6.07) is 12.5. The van der Waals surface area contributed by atoms with Crippen LogP contribution in [0.15, 0.2) is 41.4 Å². The molecule has 1 aliphatic carbocycles. The van der Waals surface area contributed by atoms with Gasteiger partial charge in [0.05, 0.1) is 40.0 Å². The Balaban J connectivity index is 0.00000306. The van der Waals surface area contributed by atoms with Crippen molar-refractivity contribution in [2.24, 2.45) is 10.7 Å². The van der Waals surface area contributed by atoms with Gasteiger partial charge in [0.15, 0.2) is 17.5 Å². The molecule has 0 aromatic heterocycles. The lowest BCUT2D eigenvalue weighted by Crippen LogP contribution is -2.40. The molecular weight excluding hydrogens is 531 g/mol. The van der Waals surface area contributed by atoms with Crippen LogP contribution in [0.1, 0.15) is 35.6 Å². The van der Waals surface area contributed by atoms with Crippen LogP contribution >= 0.6 is 24.0 Å². The zero-order valence-electron chi connectivity index (χ0n) is 19.5. The van der Waals surface area contributed by atoms with Crippen molar-refractivity contribution in [1.29, 1.82) is 0 Å². The third-order valence-electron chi connectivity index (χ3n) is 6.37. The van der Waals surface area contributed by atoms with Gasteiger partial charge in [-0.1, -0.05) is 18.2 Å². The summed E-state index contributed by atoms with van der Waals surface area (Å²) in [6.07, 6.45) is 4.71. The van der Waals surface area contributed by atoms with Gasteiger partial charge in [-0.15, -0.1) is 24.0 Å². The minimum atomic E-state index is 0. The maximum absolute atomic E-state index is 6.35. The molecule has 0 amide bonds. The van der Waals surface area contributed by atoms with Gasteiger partial charge >= 0.3 is 0 Å². The number of methoxy groups -OCH3 is 2. The van der Waals surface area contributed by atoms with Crippen LogP contribution in [-0.4, -0.2) is 57.9 Å². The summed E-state index contributed by atoms with van der Waals surface area (Å²) in [5, 5.41) is 3.36. The molecule has 180 valence electrons. The summed E-state index contributed by atoms with van der Waals surface area (Å²) in [6.45, 7) is 3.69. The monoisotopic (exact) mass is 566 g/mol. The number of aliphatic imine (C=N–C) groups is 1. The first-order valence-electron chi connectivity index (χ1n) is 11.4. The van der Waals surface area contributed by atoms with Crippen LogP contribution in [0.2, 0.25) is 0 Å². The highest BCUT2D eigenvalue weighted by molar-refractivity contribution is 14.0. The van der Waals surface area contributed by atoms with Gasteiger partial charge in [-0.05, 0) is 60.6 Å². The Bertz CT molecular complexity index is 947. The number of fused-ring (bicyclic) bond motifs is 1. The van der Waals surface area contributed by atoms with E-state index in [1.807, 2.05) is 12.1 Å². The molecule has 1 heterocycles. The highest BCUT2D eigenvalue weighted by Gasteiger charge is 2.24. The summed E-state index contributed by atoms with van der Waals surface area (Å²) in [7, 11) is 3.31. The Labute approximate surface area is 213 Å². The molecule has 0 spiro atoms. The number of nitrogens with one attached hydrogen (secondary N) is 1. The molecular formula is C25H35IN4O3. The van der Waals surface area contributed by atoms with Crippen molar-refractivity contribution in [3.05, 3.63) is 53.1 Å². The van der Waals surface area contributed by atoms with Crippen LogP contribution in [0, 0.1) is 0 Å². The molecule has 1 unspecified atom stereocenters.